The molecule has 194 valence electrons. The molecule has 0 saturated carbocycles. The van der Waals surface area contributed by atoms with Gasteiger partial charge in [-0.15, -0.1) is 0 Å². The van der Waals surface area contributed by atoms with Crippen LogP contribution in [0.15, 0.2) is 42.7 Å². The van der Waals surface area contributed by atoms with E-state index in [1.54, 1.807) is 17.2 Å². The van der Waals surface area contributed by atoms with Crippen molar-refractivity contribution in [3.63, 3.8) is 0 Å². The number of nitrogens with zero attached hydrogens (tertiary/aromatic N) is 3. The van der Waals surface area contributed by atoms with Crippen LogP contribution in [0.2, 0.25) is 0 Å². The Morgan fingerprint density at radius 1 is 1.00 bits per heavy atom. The molecule has 3 heterocycles. The first kappa shape index (κ1) is 25.0. The number of anilines is 3. The number of hydrogen-bond donors (Lipinski definition) is 2. The molecule has 2 aliphatic rings. The largest absolute Gasteiger partial charge is 0.371 e. The van der Waals surface area contributed by atoms with Crippen LogP contribution in [0.25, 0.3) is 11.1 Å². The Hall–Kier alpha value is -3.66. The monoisotopic (exact) mass is 513 g/mol. The molecule has 2 fully saturated rings. The number of piperidine rings is 1. The van der Waals surface area contributed by atoms with E-state index in [1.807, 2.05) is 4.90 Å². The molecule has 0 bridgehead atoms. The van der Waals surface area contributed by atoms with E-state index in [0.29, 0.717) is 49.2 Å². The summed E-state index contributed by atoms with van der Waals surface area (Å²) in [5.41, 5.74) is 5.10. The lowest BCUT2D eigenvalue weighted by Crippen LogP contribution is -2.46. The van der Waals surface area contributed by atoms with Crippen LogP contribution in [0.1, 0.15) is 30.1 Å². The summed E-state index contributed by atoms with van der Waals surface area (Å²) in [4.78, 5) is 20.9. The van der Waals surface area contributed by atoms with E-state index in [9.17, 15) is 18.0 Å². The third-order valence-electron chi connectivity index (χ3n) is 6.91. The number of halogens is 4. The second-order valence-corrected chi connectivity index (χ2v) is 9.76. The van der Waals surface area contributed by atoms with Crippen LogP contribution in [0.4, 0.5) is 34.6 Å². The van der Waals surface area contributed by atoms with Crippen molar-refractivity contribution in [1.29, 1.82) is 0 Å². The molecule has 3 aromatic rings. The number of carbonyl (C=O) groups is 1. The zero-order valence-electron chi connectivity index (χ0n) is 20.3. The first-order chi connectivity index (χ1) is 17.7. The maximum atomic E-state index is 15.5. The molecule has 10 heteroatoms. The fraction of sp³-hybridized carbons (Fsp3) is 0.333. The van der Waals surface area contributed by atoms with E-state index in [-0.39, 0.29) is 6.04 Å². The minimum Gasteiger partial charge on any atom is -0.371 e. The van der Waals surface area contributed by atoms with Crippen LogP contribution >= 0.6 is 0 Å². The third kappa shape index (κ3) is 4.85. The average molecular weight is 514 g/mol. The van der Waals surface area contributed by atoms with E-state index < -0.39 is 45.9 Å². The number of hydrogen-bond acceptors (Lipinski definition) is 5. The number of carbonyl (C=O) groups excluding carboxylic acids is 1. The molecule has 37 heavy (non-hydrogen) atoms. The van der Waals surface area contributed by atoms with Crippen molar-refractivity contribution < 1.29 is 22.4 Å². The number of rotatable bonds is 5. The smallest absolute Gasteiger partial charge is 0.258 e. The molecule has 6 nitrogen and oxygen atoms in total. The number of amides is 1. The van der Waals surface area contributed by atoms with Gasteiger partial charge in [0, 0.05) is 44.1 Å². The Bertz CT molecular complexity index is 1310. The Kier molecular flexibility index (Phi) is 6.76. The van der Waals surface area contributed by atoms with Gasteiger partial charge in [0.25, 0.3) is 5.91 Å². The first-order valence-electron chi connectivity index (χ1n) is 12.2. The number of aromatic nitrogens is 1. The van der Waals surface area contributed by atoms with Crippen LogP contribution in [0.3, 0.4) is 0 Å². The molecule has 0 aliphatic carbocycles. The highest BCUT2D eigenvalue weighted by molar-refractivity contribution is 6.06. The zero-order chi connectivity index (χ0) is 26.3. The van der Waals surface area contributed by atoms with Crippen LogP contribution in [0.5, 0.6) is 0 Å². The van der Waals surface area contributed by atoms with Crippen molar-refractivity contribution in [2.24, 2.45) is 11.7 Å². The molecule has 2 aliphatic heterocycles. The van der Waals surface area contributed by atoms with Gasteiger partial charge in [0.2, 0.25) is 0 Å². The maximum Gasteiger partial charge on any atom is 0.258 e. The topological polar surface area (TPSA) is 74.5 Å². The predicted molar refractivity (Wildman–Crippen MR) is 135 cm³/mol. The molecule has 0 unspecified atom stereocenters. The van der Waals surface area contributed by atoms with Gasteiger partial charge < -0.3 is 20.9 Å². The number of nitrogens with one attached hydrogen (secondary N) is 1. The van der Waals surface area contributed by atoms with E-state index in [4.69, 9.17) is 5.73 Å². The van der Waals surface area contributed by atoms with Crippen LogP contribution in [-0.4, -0.2) is 43.1 Å². The highest BCUT2D eigenvalue weighted by atomic mass is 19.1. The van der Waals surface area contributed by atoms with Crippen molar-refractivity contribution in [3.8, 4) is 11.1 Å². The van der Waals surface area contributed by atoms with Crippen LogP contribution in [-0.2, 0) is 0 Å². The van der Waals surface area contributed by atoms with Gasteiger partial charge in [-0.05, 0) is 49.1 Å². The van der Waals surface area contributed by atoms with Crippen LogP contribution < -0.4 is 20.9 Å². The summed E-state index contributed by atoms with van der Waals surface area (Å²) >= 11 is 0. The fourth-order valence-corrected chi connectivity index (χ4v) is 5.06. The molecule has 0 radical (unpaired) electrons. The van der Waals surface area contributed by atoms with Gasteiger partial charge in [0.15, 0.2) is 0 Å². The van der Waals surface area contributed by atoms with Crippen molar-refractivity contribution in [1.82, 2.24) is 4.98 Å². The van der Waals surface area contributed by atoms with Gasteiger partial charge in [-0.25, -0.2) is 17.6 Å². The number of benzene rings is 2. The molecule has 2 saturated heterocycles. The summed E-state index contributed by atoms with van der Waals surface area (Å²) in [6.07, 6.45) is 4.77. The van der Waals surface area contributed by atoms with Gasteiger partial charge in [0.05, 0.1) is 34.3 Å². The lowest BCUT2D eigenvalue weighted by molar-refractivity contribution is 0.102. The molecule has 2 aromatic carbocycles. The highest BCUT2D eigenvalue weighted by Crippen LogP contribution is 2.36. The lowest BCUT2D eigenvalue weighted by Gasteiger charge is -2.37. The Labute approximate surface area is 212 Å². The Morgan fingerprint density at radius 3 is 2.38 bits per heavy atom. The summed E-state index contributed by atoms with van der Waals surface area (Å²) in [5.74, 6) is -5.33. The standard InChI is InChI=1S/C27H27F4N5O/c1-15-9-16(32)14-36(13-15)23-5-6-33-12-22(23)34-27(37)18-3-4-19(28)25(26(18)31)24-20(29)10-17(11-21(24)30)35-7-2-8-35/h3-6,10-12,15-16H,2,7-9,13-14,32H2,1H3,(H,34,37)/t15-,16+/m1/s1. The minimum absolute atomic E-state index is 0.0464. The second kappa shape index (κ2) is 10.0. The van der Waals surface area contributed by atoms with Gasteiger partial charge in [-0.2, -0.15) is 0 Å². The van der Waals surface area contributed by atoms with Gasteiger partial charge in [0.1, 0.15) is 23.3 Å². The molecule has 5 rings (SSSR count). The molecule has 3 N–H and O–H groups in total. The van der Waals surface area contributed by atoms with Crippen molar-refractivity contribution in [2.45, 2.75) is 25.8 Å². The van der Waals surface area contributed by atoms with Gasteiger partial charge in [-0.3, -0.25) is 9.78 Å². The summed E-state index contributed by atoms with van der Waals surface area (Å²) < 4.78 is 60.2. The Morgan fingerprint density at radius 2 is 1.73 bits per heavy atom. The molecular formula is C27H27F4N5O. The van der Waals surface area contributed by atoms with E-state index in [1.165, 1.54) is 6.20 Å². The first-order valence-corrected chi connectivity index (χ1v) is 12.2. The lowest BCUT2D eigenvalue weighted by atomic mass is 9.96. The van der Waals surface area contributed by atoms with Gasteiger partial charge in [-0.1, -0.05) is 6.92 Å². The van der Waals surface area contributed by atoms with Gasteiger partial charge >= 0.3 is 0 Å². The number of pyridine rings is 1. The normalized spacial score (nSPS) is 19.5. The molecule has 1 amide bonds. The zero-order valence-corrected chi connectivity index (χ0v) is 20.3. The van der Waals surface area contributed by atoms with Crippen molar-refractivity contribution in [2.75, 3.05) is 41.3 Å². The van der Waals surface area contributed by atoms with E-state index in [0.717, 1.165) is 37.1 Å². The second-order valence-electron chi connectivity index (χ2n) is 9.76. The molecule has 0 spiro atoms. The van der Waals surface area contributed by atoms with Crippen LogP contribution in [0, 0.1) is 29.2 Å². The van der Waals surface area contributed by atoms with Crippen molar-refractivity contribution in [3.05, 3.63) is 71.6 Å². The summed E-state index contributed by atoms with van der Waals surface area (Å²) in [6, 6.07) is 5.55. The van der Waals surface area contributed by atoms with Crippen molar-refractivity contribution >= 4 is 23.0 Å². The third-order valence-corrected chi connectivity index (χ3v) is 6.91. The summed E-state index contributed by atoms with van der Waals surface area (Å²) in [7, 11) is 0. The minimum atomic E-state index is -1.36. The molecule has 2 atom stereocenters. The number of nitrogens with two attached hydrogens (primary N) is 1. The predicted octanol–water partition coefficient (Wildman–Crippen LogP) is 4.94. The SMILES string of the molecule is C[C@@H]1C[C@H](N)CN(c2ccncc2NC(=O)c2ccc(F)c(-c3c(F)cc(N4CCC4)cc3F)c2F)C1. The van der Waals surface area contributed by atoms with E-state index in [2.05, 4.69) is 17.2 Å². The maximum absolute atomic E-state index is 15.5. The molecule has 1 aromatic heterocycles. The quantitative estimate of drug-likeness (QED) is 0.473. The Balaban J connectivity index is 1.47. The molecular weight excluding hydrogens is 486 g/mol. The average Bonchev–Trinajstić information content (AvgIpc) is 2.79. The summed E-state index contributed by atoms with van der Waals surface area (Å²) in [6.45, 7) is 4.65. The fourth-order valence-electron chi connectivity index (χ4n) is 5.06. The van der Waals surface area contributed by atoms with E-state index >= 15 is 4.39 Å². The summed E-state index contributed by atoms with van der Waals surface area (Å²) in [5, 5.41) is 2.62. The highest BCUT2D eigenvalue weighted by Gasteiger charge is 2.28.